The molecule has 7 nitrogen and oxygen atoms in total. The van der Waals surface area contributed by atoms with Crippen molar-refractivity contribution < 1.29 is 14.2 Å². The lowest BCUT2D eigenvalue weighted by atomic mass is 10.1. The van der Waals surface area contributed by atoms with Gasteiger partial charge in [0, 0.05) is 18.3 Å². The minimum Gasteiger partial charge on any atom is -0.493 e. The number of pyridine rings is 1. The standard InChI is InChI=1S/C23H32N4O3/c1-3-25-23(26-14-15-29-20-11-7-13-24-17-20)27-16-18-8-6-12-21(28-2)22(18)30-19-9-4-5-10-19/h6-8,11-13,17,19H,3-5,9-10,14-16H2,1-2H3,(H2,25,26,27). The van der Waals surface area contributed by atoms with E-state index >= 15 is 0 Å². The normalized spacial score (nSPS) is 14.4. The second-order valence-corrected chi connectivity index (χ2v) is 7.13. The summed E-state index contributed by atoms with van der Waals surface area (Å²) in [5.74, 6) is 3.07. The number of rotatable bonds is 10. The predicted octanol–water partition coefficient (Wildman–Crippen LogP) is 3.55. The molecular formula is C23H32N4O3. The summed E-state index contributed by atoms with van der Waals surface area (Å²) >= 11 is 0. The minimum absolute atomic E-state index is 0.264. The first-order chi connectivity index (χ1) is 14.8. The summed E-state index contributed by atoms with van der Waals surface area (Å²) in [6, 6.07) is 9.71. The van der Waals surface area contributed by atoms with Crippen molar-refractivity contribution in [3.8, 4) is 17.2 Å². The molecule has 0 amide bonds. The fourth-order valence-corrected chi connectivity index (χ4v) is 3.43. The van der Waals surface area contributed by atoms with Gasteiger partial charge in [-0.2, -0.15) is 0 Å². The van der Waals surface area contributed by atoms with Crippen LogP contribution < -0.4 is 24.8 Å². The van der Waals surface area contributed by atoms with Crippen LogP contribution in [0.15, 0.2) is 47.7 Å². The summed E-state index contributed by atoms with van der Waals surface area (Å²) in [6.45, 7) is 4.47. The fraction of sp³-hybridized carbons (Fsp3) is 0.478. The molecular weight excluding hydrogens is 380 g/mol. The van der Waals surface area contributed by atoms with Crippen LogP contribution in [-0.2, 0) is 6.54 Å². The molecule has 0 atom stereocenters. The predicted molar refractivity (Wildman–Crippen MR) is 118 cm³/mol. The number of hydrogen-bond acceptors (Lipinski definition) is 5. The van der Waals surface area contributed by atoms with Crippen molar-refractivity contribution in [3.05, 3.63) is 48.3 Å². The Labute approximate surface area is 178 Å². The quantitative estimate of drug-likeness (QED) is 0.353. The average molecular weight is 413 g/mol. The van der Waals surface area contributed by atoms with Crippen LogP contribution in [0.2, 0.25) is 0 Å². The lowest BCUT2D eigenvalue weighted by Gasteiger charge is -2.19. The van der Waals surface area contributed by atoms with E-state index in [9.17, 15) is 0 Å². The maximum Gasteiger partial charge on any atom is 0.191 e. The van der Waals surface area contributed by atoms with Crippen molar-refractivity contribution in [1.82, 2.24) is 15.6 Å². The topological polar surface area (TPSA) is 77.0 Å². The Bertz CT molecular complexity index is 792. The Balaban J connectivity index is 1.60. The zero-order chi connectivity index (χ0) is 21.0. The first kappa shape index (κ1) is 21.7. The molecule has 3 rings (SSSR count). The second-order valence-electron chi connectivity index (χ2n) is 7.13. The molecule has 1 heterocycles. The Morgan fingerprint density at radius 2 is 2.03 bits per heavy atom. The van der Waals surface area contributed by atoms with E-state index < -0.39 is 0 Å². The third-order valence-electron chi connectivity index (χ3n) is 4.92. The lowest BCUT2D eigenvalue weighted by Crippen LogP contribution is -2.39. The molecule has 1 aliphatic carbocycles. The van der Waals surface area contributed by atoms with Gasteiger partial charge < -0.3 is 24.8 Å². The van der Waals surface area contributed by atoms with Crippen molar-refractivity contribution in [2.75, 3.05) is 26.8 Å². The van der Waals surface area contributed by atoms with Crippen LogP contribution in [0, 0.1) is 0 Å². The molecule has 1 saturated carbocycles. The highest BCUT2D eigenvalue weighted by molar-refractivity contribution is 5.79. The van der Waals surface area contributed by atoms with Gasteiger partial charge in [0.1, 0.15) is 12.4 Å². The Morgan fingerprint density at radius 1 is 1.17 bits per heavy atom. The zero-order valence-corrected chi connectivity index (χ0v) is 17.9. The number of benzene rings is 1. The van der Waals surface area contributed by atoms with Gasteiger partial charge in [-0.25, -0.2) is 4.99 Å². The van der Waals surface area contributed by atoms with E-state index in [0.29, 0.717) is 19.7 Å². The molecule has 1 aliphatic rings. The highest BCUT2D eigenvalue weighted by Gasteiger charge is 2.20. The number of nitrogens with one attached hydrogen (secondary N) is 2. The van der Waals surface area contributed by atoms with Gasteiger partial charge in [-0.15, -0.1) is 0 Å². The maximum atomic E-state index is 6.31. The monoisotopic (exact) mass is 412 g/mol. The average Bonchev–Trinajstić information content (AvgIpc) is 3.29. The van der Waals surface area contributed by atoms with Crippen LogP contribution in [-0.4, -0.2) is 43.9 Å². The fourth-order valence-electron chi connectivity index (χ4n) is 3.43. The number of aliphatic imine (C=N–C) groups is 1. The molecule has 0 aliphatic heterocycles. The van der Waals surface area contributed by atoms with E-state index in [1.807, 2.05) is 37.3 Å². The molecule has 2 N–H and O–H groups in total. The molecule has 0 unspecified atom stereocenters. The SMILES string of the molecule is CCNC(=NCc1cccc(OC)c1OC1CCCC1)NCCOc1cccnc1. The van der Waals surface area contributed by atoms with Gasteiger partial charge in [-0.1, -0.05) is 12.1 Å². The van der Waals surface area contributed by atoms with E-state index in [4.69, 9.17) is 19.2 Å². The highest BCUT2D eigenvalue weighted by atomic mass is 16.5. The van der Waals surface area contributed by atoms with Gasteiger partial charge in [0.25, 0.3) is 0 Å². The van der Waals surface area contributed by atoms with Crippen LogP contribution in [0.25, 0.3) is 0 Å². The molecule has 0 saturated heterocycles. The van der Waals surface area contributed by atoms with Crippen LogP contribution in [0.4, 0.5) is 0 Å². The van der Waals surface area contributed by atoms with Crippen LogP contribution in [0.1, 0.15) is 38.2 Å². The van der Waals surface area contributed by atoms with Gasteiger partial charge in [0.05, 0.1) is 32.5 Å². The number of ether oxygens (including phenoxy) is 3. The van der Waals surface area contributed by atoms with Gasteiger partial charge in [-0.3, -0.25) is 4.98 Å². The van der Waals surface area contributed by atoms with E-state index in [0.717, 1.165) is 48.2 Å². The Kier molecular flexibility index (Phi) is 8.62. The molecule has 0 spiro atoms. The second kappa shape index (κ2) is 11.9. The van der Waals surface area contributed by atoms with E-state index in [-0.39, 0.29) is 6.10 Å². The lowest BCUT2D eigenvalue weighted by molar-refractivity contribution is 0.198. The summed E-state index contributed by atoms with van der Waals surface area (Å²) < 4.78 is 17.5. The molecule has 0 bridgehead atoms. The smallest absolute Gasteiger partial charge is 0.191 e. The molecule has 30 heavy (non-hydrogen) atoms. The molecule has 162 valence electrons. The largest absolute Gasteiger partial charge is 0.493 e. The van der Waals surface area contributed by atoms with Gasteiger partial charge in [0.15, 0.2) is 17.5 Å². The molecule has 1 aromatic heterocycles. The molecule has 1 aromatic carbocycles. The number of hydrogen-bond donors (Lipinski definition) is 2. The summed E-state index contributed by atoms with van der Waals surface area (Å²) in [6.07, 6.45) is 8.34. The van der Waals surface area contributed by atoms with E-state index in [1.165, 1.54) is 12.8 Å². The number of nitrogens with zero attached hydrogens (tertiary/aromatic N) is 2. The van der Waals surface area contributed by atoms with E-state index in [1.54, 1.807) is 19.5 Å². The van der Waals surface area contributed by atoms with Gasteiger partial charge in [0.2, 0.25) is 0 Å². The van der Waals surface area contributed by atoms with Gasteiger partial charge in [-0.05, 0) is 50.8 Å². The molecule has 0 radical (unpaired) electrons. The van der Waals surface area contributed by atoms with Gasteiger partial charge >= 0.3 is 0 Å². The van der Waals surface area contributed by atoms with Crippen LogP contribution in [0.3, 0.4) is 0 Å². The molecule has 7 heteroatoms. The molecule has 1 fully saturated rings. The Hall–Kier alpha value is -2.96. The molecule has 2 aromatic rings. The number of aromatic nitrogens is 1. The highest BCUT2D eigenvalue weighted by Crippen LogP contribution is 2.35. The number of methoxy groups -OCH3 is 1. The first-order valence-corrected chi connectivity index (χ1v) is 10.7. The Morgan fingerprint density at radius 3 is 2.77 bits per heavy atom. The first-order valence-electron chi connectivity index (χ1n) is 10.7. The number of guanidine groups is 1. The van der Waals surface area contributed by atoms with Crippen molar-refractivity contribution in [2.45, 2.75) is 45.3 Å². The summed E-state index contributed by atoms with van der Waals surface area (Å²) in [5, 5.41) is 6.58. The van der Waals surface area contributed by atoms with Crippen LogP contribution in [0.5, 0.6) is 17.2 Å². The number of para-hydroxylation sites is 1. The van der Waals surface area contributed by atoms with Crippen molar-refractivity contribution in [3.63, 3.8) is 0 Å². The maximum absolute atomic E-state index is 6.31. The summed E-state index contributed by atoms with van der Waals surface area (Å²) in [4.78, 5) is 8.78. The van der Waals surface area contributed by atoms with E-state index in [2.05, 4.69) is 15.6 Å². The van der Waals surface area contributed by atoms with Crippen molar-refractivity contribution in [2.24, 2.45) is 4.99 Å². The van der Waals surface area contributed by atoms with Crippen molar-refractivity contribution in [1.29, 1.82) is 0 Å². The third kappa shape index (κ3) is 6.54. The minimum atomic E-state index is 0.264. The summed E-state index contributed by atoms with van der Waals surface area (Å²) in [5.41, 5.74) is 1.02. The van der Waals surface area contributed by atoms with Crippen molar-refractivity contribution >= 4 is 5.96 Å². The zero-order valence-electron chi connectivity index (χ0n) is 17.9. The summed E-state index contributed by atoms with van der Waals surface area (Å²) in [7, 11) is 1.68. The third-order valence-corrected chi connectivity index (χ3v) is 4.92. The van der Waals surface area contributed by atoms with Crippen LogP contribution >= 0.6 is 0 Å².